The van der Waals surface area contributed by atoms with Crippen LogP contribution in [0.4, 0.5) is 24.5 Å². The number of benzene rings is 4. The number of amides is 2. The average molecular weight is 1220 g/mol. The molecule has 2 atom stereocenters. The zero-order valence-electron chi connectivity index (χ0n) is 45.6. The van der Waals surface area contributed by atoms with Crippen molar-refractivity contribution in [3.05, 3.63) is 119 Å². The minimum Gasteiger partial charge on any atom is -0.380 e. The number of nitrogens with one attached hydrogen (secondary N) is 2. The first-order valence-corrected chi connectivity index (χ1v) is 32.3. The third kappa shape index (κ3) is 15.7. The van der Waals surface area contributed by atoms with E-state index in [0.717, 1.165) is 121 Å². The van der Waals surface area contributed by atoms with Gasteiger partial charge in [-0.15, -0.1) is 15.6 Å². The molecule has 0 aromatic heterocycles. The zero-order chi connectivity index (χ0) is 57.4. The summed E-state index contributed by atoms with van der Waals surface area (Å²) >= 11 is 14.1. The number of hydrogen-bond donors (Lipinski definition) is 2. The van der Waals surface area contributed by atoms with Crippen LogP contribution in [0.2, 0.25) is 5.02 Å². The van der Waals surface area contributed by atoms with Gasteiger partial charge in [0, 0.05) is 156 Å². The molecule has 16 nitrogen and oxygen atoms in total. The lowest BCUT2D eigenvalue weighted by atomic mass is 9.71. The number of ether oxygens (including phenoxy) is 1. The van der Waals surface area contributed by atoms with Crippen LogP contribution in [-0.2, 0) is 29.4 Å². The number of allylic oxidation sites excluding steroid dienone is 1. The molecule has 4 saturated heterocycles. The molecule has 24 heteroatoms. The minimum atomic E-state index is -6.13. The number of carbonyl (C=O) groups excluding carboxylic acids is 2. The van der Waals surface area contributed by atoms with Crippen LogP contribution in [0.1, 0.15) is 48.5 Å². The summed E-state index contributed by atoms with van der Waals surface area (Å²) in [5.41, 5.74) is -1.55. The maximum atomic E-state index is 14.4. The number of rotatable bonds is 20. The number of hydrogen-bond acceptors (Lipinski definition) is 15. The van der Waals surface area contributed by atoms with Gasteiger partial charge < -0.3 is 25.2 Å². The van der Waals surface area contributed by atoms with E-state index >= 15 is 0 Å². The lowest BCUT2D eigenvalue weighted by Crippen LogP contribution is -2.54. The Hall–Kier alpha value is -4.46. The molecule has 5 aliphatic rings. The van der Waals surface area contributed by atoms with Gasteiger partial charge in [0.05, 0.1) is 30.3 Å². The molecule has 440 valence electrons. The zero-order valence-corrected chi connectivity index (χ0v) is 49.6. The highest BCUT2D eigenvalue weighted by Gasteiger charge is 2.49. The number of thioether (sulfide) groups is 1. The molecular weight excluding hydrogens is 1150 g/mol. The molecule has 4 fully saturated rings. The second kappa shape index (κ2) is 27.1. The number of anilines is 2. The van der Waals surface area contributed by atoms with E-state index in [4.69, 9.17) is 28.1 Å². The van der Waals surface area contributed by atoms with Crippen molar-refractivity contribution in [2.45, 2.75) is 58.8 Å². The largest absolute Gasteiger partial charge is 0.501 e. The SMILES string of the molecule is CC1(CN2CCN(C(=O)CN3CCNCC3)CC2)CCC(c2ccc(Cl)cc2)=C(CN2CCN(c3ccc(C(=O)N(Cl)S(=O)(=O)c4ccc(N[C@H](CCN5CCOCC5)CSc5ccccc5)c(S(=O)(=O)C(F)(F)F)c4)cc3)CC2)C1. The van der Waals surface area contributed by atoms with Crippen molar-refractivity contribution < 1.29 is 44.3 Å². The Morgan fingerprint density at radius 2 is 1.47 bits per heavy atom. The Labute approximate surface area is 489 Å². The van der Waals surface area contributed by atoms with Crippen LogP contribution >= 0.6 is 35.1 Å². The third-order valence-corrected chi connectivity index (χ3v) is 21.2. The van der Waals surface area contributed by atoms with Gasteiger partial charge in [0.2, 0.25) is 5.91 Å². The second-order valence-electron chi connectivity index (χ2n) is 21.9. The van der Waals surface area contributed by atoms with E-state index in [1.54, 1.807) is 12.1 Å². The monoisotopic (exact) mass is 1220 g/mol. The van der Waals surface area contributed by atoms with Crippen molar-refractivity contribution >= 4 is 83.8 Å². The summed E-state index contributed by atoms with van der Waals surface area (Å²) in [5.74, 6) is -0.623. The van der Waals surface area contributed by atoms with Crippen LogP contribution in [0.25, 0.3) is 5.57 Å². The number of nitrogens with zero attached hydrogens (tertiary/aromatic N) is 7. The highest BCUT2D eigenvalue weighted by atomic mass is 35.5. The molecule has 0 spiro atoms. The first-order chi connectivity index (χ1) is 38.7. The van der Waals surface area contributed by atoms with E-state index in [1.807, 2.05) is 47.4 Å². The fourth-order valence-corrected chi connectivity index (χ4v) is 14.9. The van der Waals surface area contributed by atoms with Gasteiger partial charge in [-0.1, -0.05) is 54.4 Å². The fraction of sp³-hybridized carbons (Fsp3) is 0.509. The van der Waals surface area contributed by atoms with Crippen molar-refractivity contribution in [3.8, 4) is 0 Å². The number of piperazine rings is 3. The topological polar surface area (TPSA) is 158 Å². The number of sulfonamides is 1. The number of morpholine rings is 1. The molecule has 4 heterocycles. The summed E-state index contributed by atoms with van der Waals surface area (Å²) in [5, 5.41) is 7.03. The molecule has 0 radical (unpaired) electrons. The summed E-state index contributed by atoms with van der Waals surface area (Å²) in [4.78, 5) is 39.2. The summed E-state index contributed by atoms with van der Waals surface area (Å²) in [7, 11) is -11.2. The molecule has 4 aromatic rings. The predicted molar refractivity (Wildman–Crippen MR) is 313 cm³/mol. The maximum absolute atomic E-state index is 14.4. The van der Waals surface area contributed by atoms with Gasteiger partial charge in [0.25, 0.3) is 25.8 Å². The highest BCUT2D eigenvalue weighted by molar-refractivity contribution is 7.99. The minimum absolute atomic E-state index is 0.0472. The first-order valence-electron chi connectivity index (χ1n) is 27.7. The lowest BCUT2D eigenvalue weighted by molar-refractivity contribution is -0.134. The lowest BCUT2D eigenvalue weighted by Gasteiger charge is -2.44. The van der Waals surface area contributed by atoms with Crippen LogP contribution in [-0.4, -0.2) is 205 Å². The smallest absolute Gasteiger partial charge is 0.380 e. The average Bonchev–Trinajstić information content (AvgIpc) is 3.58. The van der Waals surface area contributed by atoms with Crippen molar-refractivity contribution in [1.82, 2.24) is 33.6 Å². The Morgan fingerprint density at radius 1 is 0.802 bits per heavy atom. The van der Waals surface area contributed by atoms with Crippen LogP contribution in [0.3, 0.4) is 0 Å². The summed E-state index contributed by atoms with van der Waals surface area (Å²) in [6.45, 7) is 17.3. The quantitative estimate of drug-likeness (QED) is 0.0654. The summed E-state index contributed by atoms with van der Waals surface area (Å²) in [6, 6.07) is 25.4. The number of alkyl halides is 3. The molecule has 81 heavy (non-hydrogen) atoms. The Kier molecular flexibility index (Phi) is 20.4. The molecular formula is C57H72Cl2F3N9O7S3. The highest BCUT2D eigenvalue weighted by Crippen LogP contribution is 2.44. The second-order valence-corrected chi connectivity index (χ2v) is 27.7. The van der Waals surface area contributed by atoms with Crippen molar-refractivity contribution in [1.29, 1.82) is 0 Å². The molecule has 4 aliphatic heterocycles. The van der Waals surface area contributed by atoms with E-state index in [2.05, 4.69) is 54.2 Å². The van der Waals surface area contributed by atoms with Gasteiger partial charge in [-0.3, -0.25) is 29.2 Å². The van der Waals surface area contributed by atoms with Gasteiger partial charge in [-0.25, -0.2) is 8.42 Å². The van der Waals surface area contributed by atoms with Gasteiger partial charge in [0.15, 0.2) is 0 Å². The molecule has 0 saturated carbocycles. The molecule has 1 unspecified atom stereocenters. The third-order valence-electron chi connectivity index (χ3n) is 16.1. The Bertz CT molecular complexity index is 3050. The van der Waals surface area contributed by atoms with E-state index in [0.29, 0.717) is 75.7 Å². The van der Waals surface area contributed by atoms with Gasteiger partial charge in [-0.2, -0.15) is 21.6 Å². The number of halogens is 5. The first kappa shape index (κ1) is 61.1. The van der Waals surface area contributed by atoms with Crippen LogP contribution in [0.5, 0.6) is 0 Å². The molecule has 2 amide bonds. The number of carbonyl (C=O) groups is 2. The van der Waals surface area contributed by atoms with Gasteiger partial charge >= 0.3 is 5.51 Å². The number of sulfone groups is 1. The Morgan fingerprint density at radius 3 is 2.14 bits per heavy atom. The molecule has 0 bridgehead atoms. The van der Waals surface area contributed by atoms with Crippen LogP contribution in [0.15, 0.2) is 117 Å². The van der Waals surface area contributed by atoms with E-state index in [1.165, 1.54) is 40.6 Å². The van der Waals surface area contributed by atoms with Crippen molar-refractivity contribution in [2.75, 3.05) is 147 Å². The maximum Gasteiger partial charge on any atom is 0.501 e. The van der Waals surface area contributed by atoms with Crippen molar-refractivity contribution in [2.24, 2.45) is 5.41 Å². The molecule has 1 aliphatic carbocycles. The van der Waals surface area contributed by atoms with Crippen molar-refractivity contribution in [3.63, 3.8) is 0 Å². The normalized spacial score (nSPS) is 21.0. The Balaban J connectivity index is 0.831. The van der Waals surface area contributed by atoms with Gasteiger partial charge in [0.1, 0.15) is 4.90 Å². The van der Waals surface area contributed by atoms with Crippen LogP contribution in [0, 0.1) is 5.41 Å². The van der Waals surface area contributed by atoms with E-state index in [-0.39, 0.29) is 20.7 Å². The standard InChI is InChI=1S/C57H72Cl2F3N9O7S3/c1-56(42-68-27-31-70(32-28-68)54(72)40-66-23-20-63-21-24-66)19-17-51(43-7-11-46(58)12-8-43)45(38-56)39-67-25-29-69(30-26-67)48-13-9-44(10-14-48)55(73)71(59)81(76,77)50-15-16-52(53(37-50)80(74,75)57(60,61)62)64-47(18-22-65-33-35-78-36-34-65)41-79-49-5-3-2-4-6-49/h2-16,37,47,63-64H,17-36,38-42H2,1H3/t47-,56?/m1/s1. The molecule has 2 N–H and O–H groups in total. The van der Waals surface area contributed by atoms with Gasteiger partial charge in [-0.05, 0) is 109 Å². The van der Waals surface area contributed by atoms with Crippen LogP contribution < -0.4 is 15.5 Å². The predicted octanol–water partition coefficient (Wildman–Crippen LogP) is 7.73. The van der Waals surface area contributed by atoms with E-state index < -0.39 is 52.8 Å². The summed E-state index contributed by atoms with van der Waals surface area (Å²) < 4.78 is 103. The molecule has 4 aromatic carbocycles. The molecule has 9 rings (SSSR count). The fourth-order valence-electron chi connectivity index (χ4n) is 11.4. The summed E-state index contributed by atoms with van der Waals surface area (Å²) in [6.07, 6.45) is 3.34. The van der Waals surface area contributed by atoms with E-state index in [9.17, 15) is 39.6 Å².